The Morgan fingerprint density at radius 3 is 2.83 bits per heavy atom. The molecule has 0 bridgehead atoms. The van der Waals surface area contributed by atoms with Crippen LogP contribution in [0.3, 0.4) is 0 Å². The van der Waals surface area contributed by atoms with Gasteiger partial charge in [0, 0.05) is 35.7 Å². The summed E-state index contributed by atoms with van der Waals surface area (Å²) in [6, 6.07) is 3.06. The zero-order valence-electron chi connectivity index (χ0n) is 23.5. The van der Waals surface area contributed by atoms with Crippen LogP contribution >= 0.6 is 11.6 Å². The van der Waals surface area contributed by atoms with Gasteiger partial charge in [0.15, 0.2) is 5.82 Å². The van der Waals surface area contributed by atoms with E-state index in [9.17, 15) is 22.8 Å². The predicted molar refractivity (Wildman–Crippen MR) is 152 cm³/mol. The molecular formula is C29H34ClF3N6O3. The van der Waals surface area contributed by atoms with E-state index in [1.54, 1.807) is 0 Å². The maximum Gasteiger partial charge on any atom is 0.416 e. The summed E-state index contributed by atoms with van der Waals surface area (Å²) in [4.78, 5) is 27.8. The molecule has 13 heteroatoms. The van der Waals surface area contributed by atoms with Crippen molar-refractivity contribution in [1.82, 2.24) is 24.9 Å². The van der Waals surface area contributed by atoms with E-state index in [1.807, 2.05) is 17.8 Å². The smallest absolute Gasteiger partial charge is 0.377 e. The summed E-state index contributed by atoms with van der Waals surface area (Å²) < 4.78 is 47.8. The van der Waals surface area contributed by atoms with Crippen LogP contribution in [-0.2, 0) is 34.7 Å². The van der Waals surface area contributed by atoms with Crippen molar-refractivity contribution in [1.29, 1.82) is 0 Å². The number of hydrogen-bond donors (Lipinski definition) is 3. The molecule has 6 rings (SSSR count). The average Bonchev–Trinajstić information content (AvgIpc) is 3.72. The topological polar surface area (TPSA) is 106 Å². The third kappa shape index (κ3) is 5.28. The van der Waals surface area contributed by atoms with Gasteiger partial charge in [0.05, 0.1) is 29.5 Å². The number of aromatic nitrogens is 4. The molecule has 2 aromatic rings. The van der Waals surface area contributed by atoms with Gasteiger partial charge < -0.3 is 20.5 Å². The van der Waals surface area contributed by atoms with Crippen LogP contribution in [0.2, 0.25) is 5.02 Å². The normalized spacial score (nSPS) is 26.6. The number of aromatic amines is 1. The minimum Gasteiger partial charge on any atom is -0.377 e. The zero-order chi connectivity index (χ0) is 29.8. The SMILES string of the molecule is CC1CCC2(CCN1)c1c([nH]n(C)c(C3=CCOCC3)nn(CC(=O)Nc3ccc(C(F)(F)F)cc3Cl)c1=O)C1CC12. The highest BCUT2D eigenvalue weighted by atomic mass is 35.5. The molecule has 1 spiro atoms. The zero-order valence-corrected chi connectivity index (χ0v) is 24.2. The van der Waals surface area contributed by atoms with E-state index < -0.39 is 24.2 Å². The van der Waals surface area contributed by atoms with Gasteiger partial charge in [-0.2, -0.15) is 13.2 Å². The highest BCUT2D eigenvalue weighted by Crippen LogP contribution is 2.66. The molecule has 3 N–H and O–H groups in total. The third-order valence-corrected chi connectivity index (χ3v) is 9.42. The Balaban J connectivity index is 1.44. The molecule has 0 radical (unpaired) electrons. The van der Waals surface area contributed by atoms with Crippen molar-refractivity contribution in [2.75, 3.05) is 25.1 Å². The molecular weight excluding hydrogens is 573 g/mol. The van der Waals surface area contributed by atoms with E-state index >= 15 is 0 Å². The molecule has 2 fully saturated rings. The van der Waals surface area contributed by atoms with Gasteiger partial charge in [0.1, 0.15) is 6.54 Å². The minimum absolute atomic E-state index is 0.0200. The van der Waals surface area contributed by atoms with E-state index in [0.29, 0.717) is 43.0 Å². The molecule has 1 amide bonds. The van der Waals surface area contributed by atoms with Crippen molar-refractivity contribution >= 4 is 28.8 Å². The monoisotopic (exact) mass is 606 g/mol. The number of carbonyl (C=O) groups is 1. The van der Waals surface area contributed by atoms with Crippen molar-refractivity contribution in [2.45, 2.75) is 69.1 Å². The molecule has 9 nitrogen and oxygen atoms in total. The summed E-state index contributed by atoms with van der Waals surface area (Å²) in [7, 11) is 1.86. The van der Waals surface area contributed by atoms with Crippen LogP contribution in [-0.4, -0.2) is 51.3 Å². The number of ether oxygens (including phenoxy) is 1. The number of halogens is 4. The standard InChI is InChI=1S/C29H34ClF3N6O3/c1-16-5-8-28(9-10-34-16)20-14-19(20)25-24(28)27(41)39(37-26(38(2)36-25)17-6-11-42-12-7-17)15-23(40)35-22-4-3-18(13-21(22)30)29(31,32)33/h3-4,6,13,16,19-20,34,36H,5,7-12,14-15H2,1-2H3,(H,35,40). The Morgan fingerprint density at radius 2 is 2.12 bits per heavy atom. The van der Waals surface area contributed by atoms with Gasteiger partial charge in [-0.1, -0.05) is 17.7 Å². The van der Waals surface area contributed by atoms with Crippen molar-refractivity contribution < 1.29 is 22.7 Å². The third-order valence-electron chi connectivity index (χ3n) is 9.11. The van der Waals surface area contributed by atoms with Crippen LogP contribution in [0.4, 0.5) is 18.9 Å². The minimum atomic E-state index is -4.57. The molecule has 1 aromatic carbocycles. The largest absolute Gasteiger partial charge is 0.416 e. The van der Waals surface area contributed by atoms with Gasteiger partial charge in [0.2, 0.25) is 5.91 Å². The summed E-state index contributed by atoms with van der Waals surface area (Å²) >= 11 is 6.09. The Morgan fingerprint density at radius 1 is 1.31 bits per heavy atom. The Bertz CT molecular complexity index is 1560. The molecule has 226 valence electrons. The molecule has 2 aliphatic heterocycles. The number of hydrogen-bond acceptors (Lipinski definition) is 5. The van der Waals surface area contributed by atoms with Crippen LogP contribution in [0.1, 0.15) is 67.6 Å². The lowest BCUT2D eigenvalue weighted by atomic mass is 9.73. The van der Waals surface area contributed by atoms with Gasteiger partial charge in [-0.25, -0.2) is 4.68 Å². The number of nitrogens with one attached hydrogen (secondary N) is 3. The highest BCUT2D eigenvalue weighted by Gasteiger charge is 2.62. The fraction of sp³-hybridized carbons (Fsp3) is 0.552. The summed E-state index contributed by atoms with van der Waals surface area (Å²) in [6.07, 6.45) is 1.55. The van der Waals surface area contributed by atoms with Gasteiger partial charge in [-0.15, -0.1) is 5.10 Å². The highest BCUT2D eigenvalue weighted by molar-refractivity contribution is 6.33. The van der Waals surface area contributed by atoms with Crippen LogP contribution in [0.15, 0.2) is 29.1 Å². The van der Waals surface area contributed by atoms with E-state index in [1.165, 1.54) is 4.68 Å². The van der Waals surface area contributed by atoms with E-state index in [-0.39, 0.29) is 27.6 Å². The van der Waals surface area contributed by atoms with Gasteiger partial charge in [0.25, 0.3) is 5.56 Å². The van der Waals surface area contributed by atoms with Gasteiger partial charge in [-0.05, 0) is 75.3 Å². The molecule has 3 heterocycles. The number of carbonyl (C=O) groups excluding carboxylic acids is 1. The van der Waals surface area contributed by atoms with E-state index in [0.717, 1.165) is 61.7 Å². The lowest BCUT2D eigenvalue weighted by molar-refractivity contribution is -0.137. The number of H-pyrrole nitrogens is 1. The van der Waals surface area contributed by atoms with Crippen LogP contribution in [0, 0.1) is 5.92 Å². The molecule has 4 unspecified atom stereocenters. The first-order valence-electron chi connectivity index (χ1n) is 14.3. The van der Waals surface area contributed by atoms with Gasteiger partial charge >= 0.3 is 6.18 Å². The van der Waals surface area contributed by atoms with Crippen molar-refractivity contribution in [2.24, 2.45) is 13.0 Å². The molecule has 4 atom stereocenters. The lowest BCUT2D eigenvalue weighted by Crippen LogP contribution is -2.39. The molecule has 1 aromatic heterocycles. The molecule has 42 heavy (non-hydrogen) atoms. The average molecular weight is 607 g/mol. The molecule has 1 saturated carbocycles. The second-order valence-electron chi connectivity index (χ2n) is 11.8. The lowest BCUT2D eigenvalue weighted by Gasteiger charge is -2.30. The quantitative estimate of drug-likeness (QED) is 0.469. The fourth-order valence-corrected chi connectivity index (χ4v) is 7.15. The molecule has 1 saturated heterocycles. The van der Waals surface area contributed by atoms with Gasteiger partial charge in [-0.3, -0.25) is 14.3 Å². The summed E-state index contributed by atoms with van der Waals surface area (Å²) in [6.45, 7) is 3.43. The number of amides is 1. The van der Waals surface area contributed by atoms with Crippen LogP contribution in [0.25, 0.3) is 5.57 Å². The predicted octanol–water partition coefficient (Wildman–Crippen LogP) is 4.67. The van der Waals surface area contributed by atoms with Crippen LogP contribution in [0.5, 0.6) is 0 Å². The first-order chi connectivity index (χ1) is 20.0. The van der Waals surface area contributed by atoms with Crippen molar-refractivity contribution in [3.05, 3.63) is 62.3 Å². The summed E-state index contributed by atoms with van der Waals surface area (Å²) in [5.74, 6) is 0.475. The number of rotatable bonds is 4. The Labute approximate surface area is 245 Å². The van der Waals surface area contributed by atoms with E-state index in [2.05, 4.69) is 22.7 Å². The fourth-order valence-electron chi connectivity index (χ4n) is 6.92. The molecule has 2 aliphatic carbocycles. The van der Waals surface area contributed by atoms with Crippen molar-refractivity contribution in [3.63, 3.8) is 0 Å². The first-order valence-corrected chi connectivity index (χ1v) is 14.7. The number of benzene rings is 1. The second-order valence-corrected chi connectivity index (χ2v) is 12.2. The van der Waals surface area contributed by atoms with Crippen LogP contribution < -0.4 is 16.2 Å². The Hall–Kier alpha value is -3.09. The number of nitrogens with zero attached hydrogens (tertiary/aromatic N) is 3. The summed E-state index contributed by atoms with van der Waals surface area (Å²) in [5.41, 5.74) is 0.929. The Kier molecular flexibility index (Phi) is 7.51. The number of fused-ring (bicyclic) bond motifs is 5. The van der Waals surface area contributed by atoms with E-state index in [4.69, 9.17) is 21.4 Å². The maximum absolute atomic E-state index is 14.5. The molecule has 4 aliphatic rings. The number of alkyl halides is 3. The number of anilines is 1. The van der Waals surface area contributed by atoms with Crippen molar-refractivity contribution in [3.8, 4) is 0 Å². The summed E-state index contributed by atoms with van der Waals surface area (Å²) in [5, 5.41) is 14.1. The maximum atomic E-state index is 14.5. The number of aryl methyl sites for hydroxylation is 1. The first kappa shape index (κ1) is 29.0. The second kappa shape index (κ2) is 10.9.